The summed E-state index contributed by atoms with van der Waals surface area (Å²) in [6.45, 7) is 0. The van der Waals surface area contributed by atoms with Gasteiger partial charge in [0, 0.05) is 47.9 Å². The largest absolute Gasteiger partial charge is 0.455 e. The fourth-order valence-electron chi connectivity index (χ4n) is 8.49. The van der Waals surface area contributed by atoms with E-state index in [1.54, 1.807) is 0 Å². The quantitative estimate of drug-likeness (QED) is 0.162. The van der Waals surface area contributed by atoms with Crippen molar-refractivity contribution in [1.29, 1.82) is 0 Å². The van der Waals surface area contributed by atoms with Crippen LogP contribution >= 0.6 is 11.3 Å². The van der Waals surface area contributed by atoms with Gasteiger partial charge in [-0.25, -0.2) is 0 Å². The Labute approximate surface area is 335 Å². The monoisotopic (exact) mass is 745 g/mol. The summed E-state index contributed by atoms with van der Waals surface area (Å²) < 4.78 is 9.15. The molecule has 2 nitrogen and oxygen atoms in total. The zero-order valence-electron chi connectivity index (χ0n) is 31.0. The highest BCUT2D eigenvalue weighted by molar-refractivity contribution is 7.26. The number of rotatable bonds is 7. The number of hydrogen-bond acceptors (Lipinski definition) is 3. The number of benzene rings is 9. The second-order valence-electron chi connectivity index (χ2n) is 14.4. The Balaban J connectivity index is 1.13. The second-order valence-corrected chi connectivity index (χ2v) is 15.5. The summed E-state index contributed by atoms with van der Waals surface area (Å²) in [5.41, 5.74) is 14.4. The third-order valence-electron chi connectivity index (χ3n) is 11.1. The highest BCUT2D eigenvalue weighted by Crippen LogP contribution is 2.48. The summed E-state index contributed by atoms with van der Waals surface area (Å²) in [4.78, 5) is 2.44. The number of furan rings is 1. The molecule has 0 radical (unpaired) electrons. The van der Waals surface area contributed by atoms with Crippen LogP contribution in [0.25, 0.3) is 86.6 Å². The van der Waals surface area contributed by atoms with Crippen molar-refractivity contribution in [3.8, 4) is 44.5 Å². The number of nitrogens with zero attached hydrogens (tertiary/aromatic N) is 1. The number of hydrogen-bond donors (Lipinski definition) is 0. The molecular weight excluding hydrogens is 711 g/mol. The molecule has 0 saturated carbocycles. The Bertz CT molecular complexity index is 3230. The third-order valence-corrected chi connectivity index (χ3v) is 12.2. The normalized spacial score (nSPS) is 11.5. The van der Waals surface area contributed by atoms with Crippen LogP contribution in [0.5, 0.6) is 0 Å². The molecule has 0 spiro atoms. The van der Waals surface area contributed by atoms with E-state index >= 15 is 0 Å². The molecule has 0 aliphatic rings. The summed E-state index contributed by atoms with van der Waals surface area (Å²) in [5, 5.41) is 4.78. The molecule has 9 aromatic carbocycles. The van der Waals surface area contributed by atoms with Crippen LogP contribution < -0.4 is 4.90 Å². The van der Waals surface area contributed by atoms with Crippen molar-refractivity contribution >= 4 is 70.5 Å². The predicted octanol–water partition coefficient (Wildman–Crippen LogP) is 16.1. The highest BCUT2D eigenvalue weighted by Gasteiger charge is 2.22. The van der Waals surface area contributed by atoms with Gasteiger partial charge in [-0.15, -0.1) is 11.3 Å². The molecule has 3 heteroatoms. The first-order valence-corrected chi connectivity index (χ1v) is 20.2. The zero-order chi connectivity index (χ0) is 37.7. The lowest BCUT2D eigenvalue weighted by atomic mass is 9.92. The van der Waals surface area contributed by atoms with E-state index in [-0.39, 0.29) is 0 Å². The minimum absolute atomic E-state index is 0.898. The van der Waals surface area contributed by atoms with Crippen LogP contribution in [0.1, 0.15) is 0 Å². The van der Waals surface area contributed by atoms with Crippen LogP contribution in [-0.4, -0.2) is 0 Å². The van der Waals surface area contributed by atoms with Gasteiger partial charge < -0.3 is 9.32 Å². The number of anilines is 3. The molecular formula is C54H35NOS. The molecule has 0 saturated heterocycles. The molecule has 0 amide bonds. The molecule has 0 atom stereocenters. The maximum Gasteiger partial charge on any atom is 0.143 e. The topological polar surface area (TPSA) is 16.4 Å². The van der Waals surface area contributed by atoms with Crippen LogP contribution in [0.3, 0.4) is 0 Å². The summed E-state index contributed by atoms with van der Waals surface area (Å²) in [6.07, 6.45) is 0. The van der Waals surface area contributed by atoms with Gasteiger partial charge in [0.2, 0.25) is 0 Å². The van der Waals surface area contributed by atoms with Crippen molar-refractivity contribution in [3.05, 3.63) is 212 Å². The van der Waals surface area contributed by atoms with Crippen LogP contribution in [0, 0.1) is 0 Å². The summed E-state index contributed by atoms with van der Waals surface area (Å²) in [7, 11) is 0. The van der Waals surface area contributed by atoms with Gasteiger partial charge in [0.15, 0.2) is 0 Å². The maximum absolute atomic E-state index is 6.60. The first-order valence-electron chi connectivity index (χ1n) is 19.3. The van der Waals surface area contributed by atoms with E-state index in [0.717, 1.165) is 61.3 Å². The van der Waals surface area contributed by atoms with Crippen molar-refractivity contribution in [3.63, 3.8) is 0 Å². The van der Waals surface area contributed by atoms with E-state index in [2.05, 4.69) is 211 Å². The summed E-state index contributed by atoms with van der Waals surface area (Å²) >= 11 is 1.85. The van der Waals surface area contributed by atoms with Gasteiger partial charge in [-0.05, 0) is 87.5 Å². The SMILES string of the molecule is c1ccc(-c2ccccc2-c2ccc(N(c3ccc(-c4cccc5c4oc4ccccc45)c(-c4ccccc4)c3)c3cccc4sc5ccccc5c34)cc2)cc1. The van der Waals surface area contributed by atoms with Crippen LogP contribution in [-0.2, 0) is 0 Å². The molecule has 57 heavy (non-hydrogen) atoms. The molecule has 0 fully saturated rings. The van der Waals surface area contributed by atoms with Crippen molar-refractivity contribution < 1.29 is 4.42 Å². The molecule has 0 bridgehead atoms. The van der Waals surface area contributed by atoms with E-state index in [1.165, 1.54) is 42.4 Å². The number of thiophene rings is 1. The molecule has 2 heterocycles. The Hall–Kier alpha value is -7.20. The van der Waals surface area contributed by atoms with Crippen molar-refractivity contribution in [2.24, 2.45) is 0 Å². The Morgan fingerprint density at radius 1 is 0.351 bits per heavy atom. The average molecular weight is 746 g/mol. The van der Waals surface area contributed by atoms with Gasteiger partial charge in [0.05, 0.1) is 5.69 Å². The van der Waals surface area contributed by atoms with Gasteiger partial charge in [-0.2, -0.15) is 0 Å². The standard InChI is InChI=1S/C54H35NOS/c1-3-15-36(16-4-1)41-19-7-8-20-42(41)38-29-31-39(32-30-38)55(49-25-14-28-52-53(49)47-22-10-12-27-51(47)57-52)40-33-34-43(48(35-40)37-17-5-2-6-18-37)45-23-13-24-46-44-21-9-11-26-50(44)56-54(45)46/h1-35H. The molecule has 268 valence electrons. The molecule has 11 aromatic rings. The smallest absolute Gasteiger partial charge is 0.143 e. The lowest BCUT2D eigenvalue weighted by Gasteiger charge is -2.28. The lowest BCUT2D eigenvalue weighted by Crippen LogP contribution is -2.10. The van der Waals surface area contributed by atoms with Gasteiger partial charge >= 0.3 is 0 Å². The van der Waals surface area contributed by atoms with E-state index in [0.29, 0.717) is 0 Å². The van der Waals surface area contributed by atoms with Crippen molar-refractivity contribution in [2.45, 2.75) is 0 Å². The van der Waals surface area contributed by atoms with Crippen molar-refractivity contribution in [1.82, 2.24) is 0 Å². The highest BCUT2D eigenvalue weighted by atomic mass is 32.1. The lowest BCUT2D eigenvalue weighted by molar-refractivity contribution is 0.670. The minimum atomic E-state index is 0.898. The number of fused-ring (bicyclic) bond motifs is 6. The van der Waals surface area contributed by atoms with Gasteiger partial charge in [0.25, 0.3) is 0 Å². The average Bonchev–Trinajstić information content (AvgIpc) is 3.87. The second kappa shape index (κ2) is 13.8. The third kappa shape index (κ3) is 5.71. The number of para-hydroxylation sites is 2. The Morgan fingerprint density at radius 3 is 1.68 bits per heavy atom. The van der Waals surface area contributed by atoms with Gasteiger partial charge in [0.1, 0.15) is 11.2 Å². The van der Waals surface area contributed by atoms with Gasteiger partial charge in [-0.1, -0.05) is 164 Å². The fourth-order valence-corrected chi connectivity index (χ4v) is 9.61. The van der Waals surface area contributed by atoms with E-state index in [4.69, 9.17) is 4.42 Å². The summed E-state index contributed by atoms with van der Waals surface area (Å²) in [6, 6.07) is 76.4. The Kier molecular flexibility index (Phi) is 8.04. The predicted molar refractivity (Wildman–Crippen MR) is 243 cm³/mol. The molecule has 0 aliphatic carbocycles. The van der Waals surface area contributed by atoms with E-state index in [9.17, 15) is 0 Å². The zero-order valence-corrected chi connectivity index (χ0v) is 31.8. The molecule has 2 aromatic heterocycles. The minimum Gasteiger partial charge on any atom is -0.455 e. The first-order chi connectivity index (χ1) is 28.3. The van der Waals surface area contributed by atoms with Crippen LogP contribution in [0.2, 0.25) is 0 Å². The van der Waals surface area contributed by atoms with E-state index in [1.807, 2.05) is 17.4 Å². The van der Waals surface area contributed by atoms with Gasteiger partial charge in [-0.3, -0.25) is 0 Å². The van der Waals surface area contributed by atoms with Crippen molar-refractivity contribution in [2.75, 3.05) is 4.90 Å². The summed E-state index contributed by atoms with van der Waals surface area (Å²) in [5.74, 6) is 0. The van der Waals surface area contributed by atoms with E-state index < -0.39 is 0 Å². The Morgan fingerprint density at radius 2 is 0.912 bits per heavy atom. The molecule has 11 rings (SSSR count). The molecule has 0 unspecified atom stereocenters. The maximum atomic E-state index is 6.60. The first kappa shape index (κ1) is 33.2. The van der Waals surface area contributed by atoms with Crippen LogP contribution in [0.4, 0.5) is 17.1 Å². The van der Waals surface area contributed by atoms with Crippen LogP contribution in [0.15, 0.2) is 217 Å². The molecule has 0 aliphatic heterocycles. The fraction of sp³-hybridized carbons (Fsp3) is 0. The molecule has 0 N–H and O–H groups in total.